The van der Waals surface area contributed by atoms with Crippen LogP contribution in [-0.2, 0) is 9.31 Å². The Morgan fingerprint density at radius 1 is 1.58 bits per heavy atom. The molecule has 1 heterocycles. The van der Waals surface area contributed by atoms with Gasteiger partial charge in [-0.05, 0) is 13.0 Å². The zero-order chi connectivity index (χ0) is 13.7. The maximum atomic E-state index is 13.3. The number of amidine groups is 1. The Morgan fingerprint density at radius 2 is 2.37 bits per heavy atom. The summed E-state index contributed by atoms with van der Waals surface area (Å²) in [6, 6.07) is 6.28. The molecule has 0 bridgehead atoms. The number of halogens is 1. The first-order valence-corrected chi connectivity index (χ1v) is 6.58. The lowest BCUT2D eigenvalue weighted by molar-refractivity contribution is 0.259. The van der Waals surface area contributed by atoms with Gasteiger partial charge in [-0.15, -0.1) is 5.10 Å². The van der Waals surface area contributed by atoms with Crippen molar-refractivity contribution in [1.29, 1.82) is 0 Å². The topological polar surface area (TPSA) is 69.2 Å². The van der Waals surface area contributed by atoms with E-state index in [4.69, 9.17) is 15.0 Å². The van der Waals surface area contributed by atoms with Gasteiger partial charge in [0.15, 0.2) is 5.17 Å². The fourth-order valence-electron chi connectivity index (χ4n) is 1.39. The van der Waals surface area contributed by atoms with E-state index in [0.717, 1.165) is 11.6 Å². The minimum Gasteiger partial charge on any atom is -0.399 e. The highest BCUT2D eigenvalue weighted by Gasteiger charge is 2.31. The van der Waals surface area contributed by atoms with E-state index in [2.05, 4.69) is 10.2 Å². The third-order valence-electron chi connectivity index (χ3n) is 2.29. The largest absolute Gasteiger partial charge is 0.539 e. The molecule has 1 aliphatic heterocycles. The van der Waals surface area contributed by atoms with Crippen LogP contribution in [0.5, 0.6) is 0 Å². The molecule has 0 spiro atoms. The van der Waals surface area contributed by atoms with Crippen LogP contribution >= 0.6 is 11.6 Å². The number of rotatable bonds is 3. The van der Waals surface area contributed by atoms with Crippen LogP contribution < -0.4 is 5.73 Å². The van der Waals surface area contributed by atoms with Crippen LogP contribution in [0.15, 0.2) is 34.5 Å². The number of hydrogen-bond acceptors (Lipinski definition) is 5. The average Bonchev–Trinajstić information content (AvgIpc) is 2.77. The second-order valence-electron chi connectivity index (χ2n) is 3.89. The fraction of sp³-hybridized carbons (Fsp3) is 0.273. The van der Waals surface area contributed by atoms with Crippen LogP contribution in [0.4, 0.5) is 4.39 Å². The van der Waals surface area contributed by atoms with E-state index in [1.165, 1.54) is 12.3 Å². The van der Waals surface area contributed by atoms with Gasteiger partial charge in [0.2, 0.25) is 0 Å². The van der Waals surface area contributed by atoms with Crippen molar-refractivity contribution in [3.63, 3.8) is 0 Å². The average molecular weight is 281 g/mol. The summed E-state index contributed by atoms with van der Waals surface area (Å²) in [5.74, 6) is -0.357. The lowest BCUT2D eigenvalue weighted by Gasteiger charge is -2.02. The molecule has 0 aromatic heterocycles. The van der Waals surface area contributed by atoms with Gasteiger partial charge in [0, 0.05) is 5.56 Å². The quantitative estimate of drug-likeness (QED) is 0.395. The summed E-state index contributed by atoms with van der Waals surface area (Å²) in [6.07, 6.45) is 0.900. The highest BCUT2D eigenvalue weighted by atomic mass is 32.2. The number of nitrogens with zero attached hydrogens (tertiary/aromatic N) is 2. The molecule has 0 aliphatic carbocycles. The Hall–Kier alpha value is -1.38. The van der Waals surface area contributed by atoms with Crippen molar-refractivity contribution in [3.8, 4) is 0 Å². The van der Waals surface area contributed by atoms with E-state index in [0.29, 0.717) is 12.2 Å². The summed E-state index contributed by atoms with van der Waals surface area (Å²) < 4.78 is 23.9. The van der Waals surface area contributed by atoms with Crippen LogP contribution in [0.3, 0.4) is 0 Å². The van der Waals surface area contributed by atoms with Gasteiger partial charge in [-0.2, -0.15) is 5.10 Å². The van der Waals surface area contributed by atoms with Gasteiger partial charge in [-0.1, -0.05) is 29.8 Å². The molecule has 1 aromatic rings. The molecular formula is C11H13BFN3O2S. The third kappa shape index (κ3) is 4.34. The van der Waals surface area contributed by atoms with Crippen molar-refractivity contribution >= 4 is 29.4 Å². The molecule has 8 heteroatoms. The molecule has 1 fully saturated rings. The van der Waals surface area contributed by atoms with Gasteiger partial charge in [-0.3, -0.25) is 0 Å². The summed E-state index contributed by atoms with van der Waals surface area (Å²) in [4.78, 5) is 0. The summed E-state index contributed by atoms with van der Waals surface area (Å²) in [7, 11) is 0. The molecular weight excluding hydrogens is 268 g/mol. The molecule has 19 heavy (non-hydrogen) atoms. The van der Waals surface area contributed by atoms with Crippen molar-refractivity contribution in [2.75, 3.05) is 6.61 Å². The van der Waals surface area contributed by atoms with Crippen molar-refractivity contribution in [3.05, 3.63) is 35.6 Å². The van der Waals surface area contributed by atoms with Gasteiger partial charge >= 0.3 is 6.40 Å². The standard InChI is InChI=1S/C11H13BFN3O2S/c1-8-7-17-12(18-8)19-11(14)16-15-6-9-4-2-3-5-10(9)13/h2-6,8H,7H2,1H3,(H2,14,16)/b15-6-. The molecule has 2 rings (SSSR count). The molecule has 0 radical (unpaired) electrons. The second kappa shape index (κ2) is 6.69. The maximum Gasteiger partial charge on any atom is 0.539 e. The van der Waals surface area contributed by atoms with Crippen molar-refractivity contribution in [2.24, 2.45) is 15.9 Å². The lowest BCUT2D eigenvalue weighted by Crippen LogP contribution is -2.18. The molecule has 1 atom stereocenters. The van der Waals surface area contributed by atoms with E-state index < -0.39 is 6.40 Å². The maximum absolute atomic E-state index is 13.3. The van der Waals surface area contributed by atoms with Crippen LogP contribution in [0.1, 0.15) is 12.5 Å². The zero-order valence-electron chi connectivity index (χ0n) is 10.3. The van der Waals surface area contributed by atoms with E-state index in [9.17, 15) is 4.39 Å². The van der Waals surface area contributed by atoms with Crippen LogP contribution in [0.25, 0.3) is 0 Å². The van der Waals surface area contributed by atoms with E-state index in [1.807, 2.05) is 6.92 Å². The zero-order valence-corrected chi connectivity index (χ0v) is 11.1. The normalized spacial score (nSPS) is 20.4. The minimum absolute atomic E-state index is 0.0483. The van der Waals surface area contributed by atoms with Crippen molar-refractivity contribution in [2.45, 2.75) is 13.0 Å². The smallest absolute Gasteiger partial charge is 0.399 e. The van der Waals surface area contributed by atoms with Gasteiger partial charge < -0.3 is 15.0 Å². The summed E-state index contributed by atoms with van der Waals surface area (Å²) in [5, 5.41) is 7.68. The summed E-state index contributed by atoms with van der Waals surface area (Å²) in [5.41, 5.74) is 6.00. The first-order valence-electron chi connectivity index (χ1n) is 5.70. The molecule has 2 N–H and O–H groups in total. The fourth-order valence-corrected chi connectivity index (χ4v) is 2.08. The first-order chi connectivity index (χ1) is 9.15. The molecule has 1 aliphatic rings. The first kappa shape index (κ1) is 14.0. The molecule has 5 nitrogen and oxygen atoms in total. The molecule has 0 amide bonds. The van der Waals surface area contributed by atoms with Gasteiger partial charge in [0.25, 0.3) is 0 Å². The Labute approximate surface area is 115 Å². The van der Waals surface area contributed by atoms with Gasteiger partial charge in [0.05, 0.1) is 18.9 Å². The lowest BCUT2D eigenvalue weighted by atomic mass is 10.2. The Balaban J connectivity index is 1.89. The monoisotopic (exact) mass is 281 g/mol. The SMILES string of the molecule is CC1COB(S/C(N)=N\N=C/c2ccccc2F)O1. The van der Waals surface area contributed by atoms with E-state index >= 15 is 0 Å². The highest BCUT2D eigenvalue weighted by Crippen LogP contribution is 2.18. The predicted molar refractivity (Wildman–Crippen MR) is 75.5 cm³/mol. The number of benzene rings is 1. The van der Waals surface area contributed by atoms with Crippen LogP contribution in [0, 0.1) is 5.82 Å². The Kier molecular flexibility index (Phi) is 4.95. The Bertz CT molecular complexity index is 501. The van der Waals surface area contributed by atoms with Crippen molar-refractivity contribution < 1.29 is 13.7 Å². The van der Waals surface area contributed by atoms with Crippen LogP contribution in [-0.4, -0.2) is 30.5 Å². The molecule has 1 saturated heterocycles. The molecule has 1 unspecified atom stereocenters. The van der Waals surface area contributed by atoms with Gasteiger partial charge in [-0.25, -0.2) is 4.39 Å². The van der Waals surface area contributed by atoms with Gasteiger partial charge in [0.1, 0.15) is 5.82 Å². The van der Waals surface area contributed by atoms with Crippen molar-refractivity contribution in [1.82, 2.24) is 0 Å². The molecule has 1 aromatic carbocycles. The predicted octanol–water partition coefficient (Wildman–Crippen LogP) is 1.63. The van der Waals surface area contributed by atoms with E-state index in [-0.39, 0.29) is 17.1 Å². The number of hydrogen-bond donors (Lipinski definition) is 1. The minimum atomic E-state index is -0.456. The molecule has 0 saturated carbocycles. The Morgan fingerprint density at radius 3 is 3.05 bits per heavy atom. The molecule has 100 valence electrons. The second-order valence-corrected chi connectivity index (χ2v) is 4.93. The third-order valence-corrected chi connectivity index (χ3v) is 3.05. The summed E-state index contributed by atoms with van der Waals surface area (Å²) >= 11 is 1.13. The van der Waals surface area contributed by atoms with Crippen LogP contribution in [0.2, 0.25) is 0 Å². The highest BCUT2D eigenvalue weighted by molar-refractivity contribution is 8.35. The number of nitrogens with two attached hydrogens (primary N) is 1. The summed E-state index contributed by atoms with van der Waals surface area (Å²) in [6.45, 7) is 2.44. The van der Waals surface area contributed by atoms with E-state index in [1.54, 1.807) is 18.2 Å².